The van der Waals surface area contributed by atoms with Crippen molar-refractivity contribution in [2.24, 2.45) is 0 Å². The number of nitrogens with zero attached hydrogens (tertiary/aromatic N) is 1. The fourth-order valence-electron chi connectivity index (χ4n) is 5.32. The number of hydrogen-bond donors (Lipinski definition) is 0. The zero-order valence-corrected chi connectivity index (χ0v) is 25.3. The van der Waals surface area contributed by atoms with Crippen LogP contribution >= 0.6 is 0 Å². The number of carbonyl (C=O) groups is 1. The number of hydrogen-bond acceptors (Lipinski definition) is 4. The lowest BCUT2D eigenvalue weighted by Crippen LogP contribution is -2.09. The molecular weight excluding hydrogens is 554 g/mol. The molecule has 0 aliphatic carbocycles. The Hall–Kier alpha value is -5.87. The monoisotopic (exact) mass is 587 g/mol. The predicted molar refractivity (Wildman–Crippen MR) is 184 cm³/mol. The van der Waals surface area contributed by atoms with Gasteiger partial charge in [-0.25, -0.2) is 0 Å². The van der Waals surface area contributed by atoms with E-state index in [4.69, 9.17) is 9.47 Å². The first kappa shape index (κ1) is 29.2. The molecule has 0 saturated carbocycles. The second-order valence-electron chi connectivity index (χ2n) is 10.6. The van der Waals surface area contributed by atoms with E-state index in [-0.39, 0.29) is 5.97 Å². The van der Waals surface area contributed by atoms with Crippen LogP contribution in [0.25, 0.3) is 22.8 Å². The Balaban J connectivity index is 1.29. The minimum Gasteiger partial charge on any atom is -0.497 e. The zero-order valence-electron chi connectivity index (χ0n) is 25.3. The van der Waals surface area contributed by atoms with Gasteiger partial charge in [-0.1, -0.05) is 97.1 Å². The fourth-order valence-corrected chi connectivity index (χ4v) is 5.32. The summed E-state index contributed by atoms with van der Waals surface area (Å²) >= 11 is 0. The van der Waals surface area contributed by atoms with Crippen LogP contribution in [0.2, 0.25) is 0 Å². The number of benzene rings is 6. The highest BCUT2D eigenvalue weighted by Gasteiger charge is 2.12. The Bertz CT molecular complexity index is 1840. The number of methoxy groups -OCH3 is 1. The third-order valence-electron chi connectivity index (χ3n) is 7.54. The number of ether oxygens (including phenoxy) is 2. The van der Waals surface area contributed by atoms with E-state index < -0.39 is 0 Å². The normalized spacial score (nSPS) is 11.1. The maximum Gasteiger partial charge on any atom is 0.308 e. The lowest BCUT2D eigenvalue weighted by atomic mass is 9.95. The largest absolute Gasteiger partial charge is 0.497 e. The average Bonchev–Trinajstić information content (AvgIpc) is 3.09. The first-order valence-electron chi connectivity index (χ1n) is 14.8. The Morgan fingerprint density at radius 3 is 1.44 bits per heavy atom. The molecule has 6 rings (SSSR count). The fraction of sp³-hybridized carbons (Fsp3) is 0.0488. The van der Waals surface area contributed by atoms with Gasteiger partial charge in [-0.15, -0.1) is 0 Å². The van der Waals surface area contributed by atoms with Gasteiger partial charge in [0.2, 0.25) is 0 Å². The van der Waals surface area contributed by atoms with Crippen LogP contribution in [0.3, 0.4) is 0 Å². The van der Waals surface area contributed by atoms with Crippen LogP contribution in [-0.2, 0) is 4.79 Å². The molecule has 220 valence electrons. The van der Waals surface area contributed by atoms with E-state index in [9.17, 15) is 4.79 Å². The molecule has 6 aromatic carbocycles. The minimum absolute atomic E-state index is 0.340. The first-order chi connectivity index (χ1) is 22.1. The summed E-state index contributed by atoms with van der Waals surface area (Å²) in [7, 11) is 1.66. The second kappa shape index (κ2) is 13.6. The third-order valence-corrected chi connectivity index (χ3v) is 7.54. The third kappa shape index (κ3) is 7.03. The summed E-state index contributed by atoms with van der Waals surface area (Å²) in [6.07, 6.45) is 2.17. The average molecular weight is 588 g/mol. The molecule has 0 atom stereocenters. The zero-order chi connectivity index (χ0) is 31.0. The smallest absolute Gasteiger partial charge is 0.308 e. The van der Waals surface area contributed by atoms with E-state index in [2.05, 4.69) is 120 Å². The van der Waals surface area contributed by atoms with Crippen molar-refractivity contribution in [1.82, 2.24) is 0 Å². The Morgan fingerprint density at radius 2 is 0.978 bits per heavy atom. The molecule has 0 fully saturated rings. The second-order valence-corrected chi connectivity index (χ2v) is 10.6. The van der Waals surface area contributed by atoms with Crippen molar-refractivity contribution in [2.75, 3.05) is 12.0 Å². The van der Waals surface area contributed by atoms with Gasteiger partial charge in [-0.3, -0.25) is 4.79 Å². The van der Waals surface area contributed by atoms with Crippen molar-refractivity contribution in [3.05, 3.63) is 174 Å². The summed E-state index contributed by atoms with van der Waals surface area (Å²) < 4.78 is 10.6. The maximum absolute atomic E-state index is 11.4. The molecule has 0 heterocycles. The van der Waals surface area contributed by atoms with E-state index in [1.165, 1.54) is 6.92 Å². The van der Waals surface area contributed by atoms with Gasteiger partial charge in [0, 0.05) is 24.0 Å². The molecule has 0 N–H and O–H groups in total. The molecule has 0 spiro atoms. The molecule has 0 aliphatic rings. The summed E-state index contributed by atoms with van der Waals surface area (Å²) in [5, 5.41) is 0. The molecule has 45 heavy (non-hydrogen) atoms. The molecule has 0 radical (unpaired) electrons. The molecule has 0 aromatic heterocycles. The molecule has 0 unspecified atom stereocenters. The summed E-state index contributed by atoms with van der Waals surface area (Å²) in [4.78, 5) is 13.7. The molecule has 4 nitrogen and oxygen atoms in total. The van der Waals surface area contributed by atoms with Crippen molar-refractivity contribution >= 4 is 34.7 Å². The predicted octanol–water partition coefficient (Wildman–Crippen LogP) is 10.3. The first-order valence-corrected chi connectivity index (χ1v) is 14.8. The number of rotatable bonds is 9. The van der Waals surface area contributed by atoms with Crippen molar-refractivity contribution in [3.63, 3.8) is 0 Å². The van der Waals surface area contributed by atoms with Crippen molar-refractivity contribution in [2.45, 2.75) is 6.92 Å². The quantitative estimate of drug-likeness (QED) is 0.0958. The number of anilines is 3. The Morgan fingerprint density at radius 1 is 0.533 bits per heavy atom. The van der Waals surface area contributed by atoms with Crippen LogP contribution in [-0.4, -0.2) is 13.1 Å². The van der Waals surface area contributed by atoms with E-state index >= 15 is 0 Å². The minimum atomic E-state index is -0.340. The molecule has 0 bridgehead atoms. The van der Waals surface area contributed by atoms with Crippen LogP contribution in [0, 0.1) is 0 Å². The molecule has 4 heteroatoms. The van der Waals surface area contributed by atoms with Gasteiger partial charge in [0.1, 0.15) is 11.5 Å². The van der Waals surface area contributed by atoms with Crippen LogP contribution < -0.4 is 14.4 Å². The number of esters is 1. The van der Waals surface area contributed by atoms with Crippen molar-refractivity contribution in [3.8, 4) is 22.6 Å². The number of carbonyl (C=O) groups excluding carboxylic acids is 1. The molecule has 0 aliphatic heterocycles. The lowest BCUT2D eigenvalue weighted by Gasteiger charge is -2.25. The molecule has 0 amide bonds. The van der Waals surface area contributed by atoms with Gasteiger partial charge in [0.25, 0.3) is 0 Å². The van der Waals surface area contributed by atoms with Gasteiger partial charge in [-0.05, 0) is 100 Å². The number of para-hydroxylation sites is 2. The highest BCUT2D eigenvalue weighted by atomic mass is 16.5. The summed E-state index contributed by atoms with van der Waals surface area (Å²) in [5.41, 5.74) is 9.79. The van der Waals surface area contributed by atoms with Crippen LogP contribution in [0.4, 0.5) is 17.1 Å². The molecule has 0 saturated heterocycles. The van der Waals surface area contributed by atoms with E-state index in [0.717, 1.165) is 56.2 Å². The van der Waals surface area contributed by atoms with Crippen LogP contribution in [0.5, 0.6) is 11.5 Å². The standard InChI is InChI=1S/C41H33NO3/c1-30(43)45-40-27-21-35(22-28-40)41(34-19-25-39(44-2)26-20-34)29-31-13-15-32(16-14-31)33-17-23-38(24-18-33)42(36-9-5-3-6-10-36)37-11-7-4-8-12-37/h3-29H,1-2H3. The van der Waals surface area contributed by atoms with E-state index in [1.807, 2.05) is 48.5 Å². The van der Waals surface area contributed by atoms with Gasteiger partial charge >= 0.3 is 5.97 Å². The van der Waals surface area contributed by atoms with Gasteiger partial charge in [0.05, 0.1) is 7.11 Å². The van der Waals surface area contributed by atoms with E-state index in [0.29, 0.717) is 5.75 Å². The lowest BCUT2D eigenvalue weighted by molar-refractivity contribution is -0.131. The summed E-state index contributed by atoms with van der Waals surface area (Å²) in [6.45, 7) is 1.40. The molecular formula is C41H33NO3. The highest BCUT2D eigenvalue weighted by molar-refractivity contribution is 5.92. The van der Waals surface area contributed by atoms with Gasteiger partial charge < -0.3 is 14.4 Å². The summed E-state index contributed by atoms with van der Waals surface area (Å²) in [6, 6.07) is 53.7. The topological polar surface area (TPSA) is 38.8 Å². The SMILES string of the molecule is COc1ccc(C(=Cc2ccc(-c3ccc(N(c4ccccc4)c4ccccc4)cc3)cc2)c2ccc(OC(C)=O)cc2)cc1. The molecule has 6 aromatic rings. The summed E-state index contributed by atoms with van der Waals surface area (Å²) in [5.74, 6) is 0.980. The van der Waals surface area contributed by atoms with Crippen LogP contribution in [0.1, 0.15) is 23.6 Å². The Labute approximate surface area is 264 Å². The highest BCUT2D eigenvalue weighted by Crippen LogP contribution is 2.35. The van der Waals surface area contributed by atoms with Gasteiger partial charge in [0.15, 0.2) is 0 Å². The Kier molecular flexibility index (Phi) is 8.84. The maximum atomic E-state index is 11.4. The van der Waals surface area contributed by atoms with Crippen molar-refractivity contribution in [1.29, 1.82) is 0 Å². The van der Waals surface area contributed by atoms with Crippen LogP contribution in [0.15, 0.2) is 158 Å². The van der Waals surface area contributed by atoms with Crippen molar-refractivity contribution < 1.29 is 14.3 Å². The van der Waals surface area contributed by atoms with E-state index in [1.54, 1.807) is 7.11 Å². The van der Waals surface area contributed by atoms with Gasteiger partial charge in [-0.2, -0.15) is 0 Å².